The molecule has 44 valence electrons. The first-order valence-electron chi connectivity index (χ1n) is 2.44. The van der Waals surface area contributed by atoms with Gasteiger partial charge in [-0.3, -0.25) is 5.21 Å². The van der Waals surface area contributed by atoms with E-state index in [-0.39, 0.29) is 0 Å². The Kier molecular flexibility index (Phi) is 1.66. The van der Waals surface area contributed by atoms with Gasteiger partial charge in [0.25, 0.3) is 0 Å². The highest BCUT2D eigenvalue weighted by Gasteiger charge is 1.88. The van der Waals surface area contributed by atoms with Crippen molar-refractivity contribution in [2.45, 2.75) is 0 Å². The molecule has 1 rings (SSSR count). The van der Waals surface area contributed by atoms with E-state index in [1.54, 1.807) is 6.08 Å². The molecule has 1 aliphatic rings. The summed E-state index contributed by atoms with van der Waals surface area (Å²) in [4.78, 5) is 0. The van der Waals surface area contributed by atoms with Gasteiger partial charge in [-0.25, -0.2) is 5.43 Å². The predicted molar refractivity (Wildman–Crippen MR) is 29.9 cm³/mol. The summed E-state index contributed by atoms with van der Waals surface area (Å²) in [5, 5.41) is 9.62. The maximum Gasteiger partial charge on any atom is 0.0459 e. The number of hydrazine groups is 1. The van der Waals surface area contributed by atoms with E-state index in [1.807, 2.05) is 12.2 Å². The van der Waals surface area contributed by atoms with Crippen LogP contribution in [0.1, 0.15) is 0 Å². The van der Waals surface area contributed by atoms with Crippen molar-refractivity contribution >= 4 is 0 Å². The summed E-state index contributed by atoms with van der Waals surface area (Å²) < 4.78 is 0. The van der Waals surface area contributed by atoms with Gasteiger partial charge >= 0.3 is 0 Å². The molecular formula is C5H8N2O. The highest BCUT2D eigenvalue weighted by Crippen LogP contribution is 1.84. The molecule has 0 bridgehead atoms. The van der Waals surface area contributed by atoms with Gasteiger partial charge in [-0.05, 0) is 6.08 Å². The molecule has 3 heteroatoms. The summed E-state index contributed by atoms with van der Waals surface area (Å²) in [5.41, 5.74) is 2.66. The molecule has 0 fully saturated rings. The molecule has 0 aromatic carbocycles. The Labute approximate surface area is 47.8 Å². The van der Waals surface area contributed by atoms with Crippen molar-refractivity contribution in [3.63, 3.8) is 0 Å². The molecule has 3 nitrogen and oxygen atoms in total. The molecule has 0 aromatic rings. The van der Waals surface area contributed by atoms with Crippen LogP contribution in [0.15, 0.2) is 24.4 Å². The Balaban J connectivity index is 2.46. The van der Waals surface area contributed by atoms with Gasteiger partial charge in [0.1, 0.15) is 0 Å². The lowest BCUT2D eigenvalue weighted by Crippen LogP contribution is -2.29. The van der Waals surface area contributed by atoms with Crippen LogP contribution in [-0.4, -0.2) is 16.9 Å². The number of allylic oxidation sites excluding steroid dienone is 2. The molecule has 0 atom stereocenters. The molecule has 0 saturated carbocycles. The quantitative estimate of drug-likeness (QED) is 0.472. The van der Waals surface area contributed by atoms with Crippen LogP contribution < -0.4 is 5.43 Å². The first-order chi connectivity index (χ1) is 3.89. The second-order valence-electron chi connectivity index (χ2n) is 1.48. The van der Waals surface area contributed by atoms with Gasteiger partial charge in [0.05, 0.1) is 0 Å². The molecule has 0 saturated heterocycles. The van der Waals surface area contributed by atoms with E-state index in [0.717, 1.165) is 5.17 Å². The second-order valence-corrected chi connectivity index (χ2v) is 1.48. The zero-order valence-electron chi connectivity index (χ0n) is 4.41. The fourth-order valence-corrected chi connectivity index (χ4v) is 0.477. The van der Waals surface area contributed by atoms with E-state index in [2.05, 4.69) is 5.43 Å². The number of hydroxylamine groups is 1. The van der Waals surface area contributed by atoms with Crippen molar-refractivity contribution in [1.29, 1.82) is 0 Å². The molecule has 0 aromatic heterocycles. The Bertz CT molecular complexity index is 120. The van der Waals surface area contributed by atoms with Gasteiger partial charge in [0.2, 0.25) is 0 Å². The predicted octanol–water partition coefficient (Wildman–Crippen LogP) is 0.266. The van der Waals surface area contributed by atoms with E-state index in [0.29, 0.717) is 6.54 Å². The van der Waals surface area contributed by atoms with Crippen molar-refractivity contribution in [2.24, 2.45) is 0 Å². The summed E-state index contributed by atoms with van der Waals surface area (Å²) in [6.45, 7) is 0.670. The number of rotatable bonds is 0. The molecule has 2 N–H and O–H groups in total. The third kappa shape index (κ3) is 1.36. The van der Waals surface area contributed by atoms with E-state index in [4.69, 9.17) is 5.21 Å². The smallest absolute Gasteiger partial charge is 0.0459 e. The highest BCUT2D eigenvalue weighted by atomic mass is 16.5. The molecule has 0 radical (unpaired) electrons. The van der Waals surface area contributed by atoms with E-state index >= 15 is 0 Å². The largest absolute Gasteiger partial charge is 0.273 e. The summed E-state index contributed by atoms with van der Waals surface area (Å²) >= 11 is 0. The van der Waals surface area contributed by atoms with Crippen molar-refractivity contribution < 1.29 is 5.21 Å². The van der Waals surface area contributed by atoms with Crippen LogP contribution in [0, 0.1) is 0 Å². The number of hydrogen-bond donors (Lipinski definition) is 2. The van der Waals surface area contributed by atoms with Gasteiger partial charge in [0.15, 0.2) is 0 Å². The van der Waals surface area contributed by atoms with E-state index in [1.165, 1.54) is 6.20 Å². The van der Waals surface area contributed by atoms with Crippen LogP contribution in [-0.2, 0) is 0 Å². The minimum Gasteiger partial charge on any atom is -0.273 e. The fraction of sp³-hybridized carbons (Fsp3) is 0.200. The minimum absolute atomic E-state index is 0.670. The average molecular weight is 112 g/mol. The molecule has 8 heavy (non-hydrogen) atoms. The zero-order valence-corrected chi connectivity index (χ0v) is 4.41. The molecular weight excluding hydrogens is 104 g/mol. The van der Waals surface area contributed by atoms with Gasteiger partial charge in [-0.15, -0.1) is 0 Å². The summed E-state index contributed by atoms with van der Waals surface area (Å²) in [7, 11) is 0. The zero-order chi connectivity index (χ0) is 5.82. The topological polar surface area (TPSA) is 35.5 Å². The molecule has 0 amide bonds. The van der Waals surface area contributed by atoms with Crippen molar-refractivity contribution in [3.8, 4) is 0 Å². The Morgan fingerprint density at radius 2 is 2.38 bits per heavy atom. The summed E-state index contributed by atoms with van der Waals surface area (Å²) in [6, 6.07) is 0. The number of nitrogens with zero attached hydrogens (tertiary/aromatic N) is 1. The lowest BCUT2D eigenvalue weighted by Gasteiger charge is -2.08. The normalized spacial score (nSPS) is 18.9. The van der Waals surface area contributed by atoms with Gasteiger partial charge in [-0.1, -0.05) is 12.2 Å². The van der Waals surface area contributed by atoms with Gasteiger partial charge in [0, 0.05) is 12.7 Å². The average Bonchev–Trinajstić information content (AvgIpc) is 1.94. The monoisotopic (exact) mass is 112 g/mol. The molecule has 1 heterocycles. The molecule has 0 spiro atoms. The van der Waals surface area contributed by atoms with Crippen molar-refractivity contribution in [1.82, 2.24) is 10.6 Å². The van der Waals surface area contributed by atoms with Crippen molar-refractivity contribution in [3.05, 3.63) is 24.4 Å². The SMILES string of the molecule is ON1C=CC=CCN1. The van der Waals surface area contributed by atoms with Crippen LogP contribution in [0.3, 0.4) is 0 Å². The molecule has 0 unspecified atom stereocenters. The third-order valence-electron chi connectivity index (χ3n) is 0.846. The second kappa shape index (κ2) is 2.49. The Hall–Kier alpha value is -0.800. The first-order valence-corrected chi connectivity index (χ1v) is 2.44. The third-order valence-corrected chi connectivity index (χ3v) is 0.846. The van der Waals surface area contributed by atoms with Crippen LogP contribution in [0.25, 0.3) is 0 Å². The fourth-order valence-electron chi connectivity index (χ4n) is 0.477. The van der Waals surface area contributed by atoms with Gasteiger partial charge < -0.3 is 0 Å². The summed E-state index contributed by atoms with van der Waals surface area (Å²) in [5.74, 6) is 0. The van der Waals surface area contributed by atoms with Crippen LogP contribution >= 0.6 is 0 Å². The number of nitrogens with one attached hydrogen (secondary N) is 1. The Morgan fingerprint density at radius 3 is 3.25 bits per heavy atom. The van der Waals surface area contributed by atoms with E-state index < -0.39 is 0 Å². The minimum atomic E-state index is 0.670. The first kappa shape index (κ1) is 5.34. The maximum atomic E-state index is 8.68. The van der Waals surface area contributed by atoms with Crippen LogP contribution in [0.5, 0.6) is 0 Å². The highest BCUT2D eigenvalue weighted by molar-refractivity contribution is 5.03. The van der Waals surface area contributed by atoms with E-state index in [9.17, 15) is 0 Å². The lowest BCUT2D eigenvalue weighted by atomic mass is 10.5. The maximum absolute atomic E-state index is 8.68. The Morgan fingerprint density at radius 1 is 1.50 bits per heavy atom. The molecule has 1 aliphatic heterocycles. The lowest BCUT2D eigenvalue weighted by molar-refractivity contribution is -0.0846. The molecule has 0 aliphatic carbocycles. The summed E-state index contributed by atoms with van der Waals surface area (Å²) in [6.07, 6.45) is 7.06. The number of hydrogen-bond acceptors (Lipinski definition) is 3. The van der Waals surface area contributed by atoms with Crippen molar-refractivity contribution in [2.75, 3.05) is 6.54 Å². The van der Waals surface area contributed by atoms with Gasteiger partial charge in [-0.2, -0.15) is 5.17 Å². The standard InChI is InChI=1S/C5H8N2O/c8-7-5-3-1-2-4-6-7/h1-3,5-6,8H,4H2. The van der Waals surface area contributed by atoms with Crippen LogP contribution in [0.4, 0.5) is 0 Å². The van der Waals surface area contributed by atoms with Crippen LogP contribution in [0.2, 0.25) is 0 Å².